The number of nitrogens with one attached hydrogen (secondary N) is 1. The van der Waals surface area contributed by atoms with Gasteiger partial charge in [-0.2, -0.15) is 0 Å². The van der Waals surface area contributed by atoms with Gasteiger partial charge >= 0.3 is 0 Å². The number of rotatable bonds is 8. The fraction of sp³-hybridized carbons (Fsp3) is 0.625. The summed E-state index contributed by atoms with van der Waals surface area (Å²) in [6.45, 7) is 6.50. The van der Waals surface area contributed by atoms with Crippen LogP contribution in [0.25, 0.3) is 0 Å². The summed E-state index contributed by atoms with van der Waals surface area (Å²) in [6.07, 6.45) is 0.906. The van der Waals surface area contributed by atoms with Crippen LogP contribution in [0.5, 0.6) is 11.5 Å². The first-order chi connectivity index (χ1) is 9.51. The Morgan fingerprint density at radius 3 is 2.30 bits per heavy atom. The monoisotopic (exact) mass is 281 g/mol. The minimum absolute atomic E-state index is 0.206. The van der Waals surface area contributed by atoms with Crippen LogP contribution in [0, 0.1) is 5.92 Å². The highest BCUT2D eigenvalue weighted by molar-refractivity contribution is 5.43. The molecule has 3 unspecified atom stereocenters. The Balaban J connectivity index is 2.64. The van der Waals surface area contributed by atoms with Crippen LogP contribution in [-0.2, 0) is 6.42 Å². The van der Waals surface area contributed by atoms with Crippen LogP contribution in [-0.4, -0.2) is 38.0 Å². The van der Waals surface area contributed by atoms with E-state index in [1.165, 1.54) is 5.56 Å². The molecule has 3 atom stereocenters. The SMILES string of the molecule is COc1ccc(CC(C)NC(C)C(C)CO)cc1OC. The molecule has 1 rings (SSSR count). The highest BCUT2D eigenvalue weighted by atomic mass is 16.5. The van der Waals surface area contributed by atoms with Gasteiger partial charge in [0.15, 0.2) is 11.5 Å². The van der Waals surface area contributed by atoms with Gasteiger partial charge in [-0.25, -0.2) is 0 Å². The average molecular weight is 281 g/mol. The number of ether oxygens (including phenoxy) is 2. The van der Waals surface area contributed by atoms with E-state index in [4.69, 9.17) is 14.6 Å². The molecule has 1 aromatic rings. The van der Waals surface area contributed by atoms with E-state index in [0.717, 1.165) is 17.9 Å². The average Bonchev–Trinajstić information content (AvgIpc) is 2.45. The van der Waals surface area contributed by atoms with Gasteiger partial charge in [-0.3, -0.25) is 0 Å². The van der Waals surface area contributed by atoms with Crippen molar-refractivity contribution < 1.29 is 14.6 Å². The van der Waals surface area contributed by atoms with Crippen molar-refractivity contribution in [2.75, 3.05) is 20.8 Å². The molecule has 0 spiro atoms. The van der Waals surface area contributed by atoms with E-state index in [2.05, 4.69) is 25.2 Å². The molecule has 0 bridgehead atoms. The molecule has 0 fully saturated rings. The lowest BCUT2D eigenvalue weighted by Crippen LogP contribution is -2.40. The van der Waals surface area contributed by atoms with Crippen molar-refractivity contribution >= 4 is 0 Å². The number of hydrogen-bond acceptors (Lipinski definition) is 4. The molecule has 0 saturated carbocycles. The molecule has 114 valence electrons. The maximum absolute atomic E-state index is 9.16. The van der Waals surface area contributed by atoms with Crippen LogP contribution in [0.2, 0.25) is 0 Å². The zero-order valence-corrected chi connectivity index (χ0v) is 13.1. The second-order valence-corrected chi connectivity index (χ2v) is 5.41. The van der Waals surface area contributed by atoms with E-state index in [1.807, 2.05) is 19.1 Å². The van der Waals surface area contributed by atoms with E-state index in [-0.39, 0.29) is 18.6 Å². The van der Waals surface area contributed by atoms with Crippen molar-refractivity contribution in [2.24, 2.45) is 5.92 Å². The molecular formula is C16H27NO3. The van der Waals surface area contributed by atoms with Crippen LogP contribution in [0.3, 0.4) is 0 Å². The predicted molar refractivity (Wildman–Crippen MR) is 81.6 cm³/mol. The first-order valence-electron chi connectivity index (χ1n) is 7.09. The molecule has 0 saturated heterocycles. The third-order valence-electron chi connectivity index (χ3n) is 3.68. The maximum Gasteiger partial charge on any atom is 0.160 e. The van der Waals surface area contributed by atoms with Crippen LogP contribution in [0.15, 0.2) is 18.2 Å². The second kappa shape index (κ2) is 8.12. The number of aliphatic hydroxyl groups is 1. The predicted octanol–water partition coefficient (Wildman–Crippen LogP) is 2.24. The third-order valence-corrected chi connectivity index (χ3v) is 3.68. The summed E-state index contributed by atoms with van der Waals surface area (Å²) in [5.74, 6) is 1.76. The normalized spacial score (nSPS) is 15.5. The van der Waals surface area contributed by atoms with Crippen molar-refractivity contribution in [3.05, 3.63) is 23.8 Å². The lowest BCUT2D eigenvalue weighted by molar-refractivity contribution is 0.202. The fourth-order valence-corrected chi connectivity index (χ4v) is 2.19. The summed E-state index contributed by atoms with van der Waals surface area (Å²) in [5, 5.41) is 12.7. The lowest BCUT2D eigenvalue weighted by Gasteiger charge is -2.24. The molecule has 2 N–H and O–H groups in total. The molecule has 0 amide bonds. The van der Waals surface area contributed by atoms with Gasteiger partial charge in [0.05, 0.1) is 14.2 Å². The largest absolute Gasteiger partial charge is 0.493 e. The first kappa shape index (κ1) is 16.8. The summed E-state index contributed by atoms with van der Waals surface area (Å²) in [5.41, 5.74) is 1.20. The van der Waals surface area contributed by atoms with Gasteiger partial charge in [0.2, 0.25) is 0 Å². The van der Waals surface area contributed by atoms with Gasteiger partial charge in [-0.1, -0.05) is 13.0 Å². The van der Waals surface area contributed by atoms with Crippen LogP contribution in [0.1, 0.15) is 26.3 Å². The molecule has 0 aliphatic heterocycles. The van der Waals surface area contributed by atoms with Crippen LogP contribution < -0.4 is 14.8 Å². The molecule has 0 radical (unpaired) electrons. The van der Waals surface area contributed by atoms with Gasteiger partial charge < -0.3 is 19.9 Å². The van der Waals surface area contributed by atoms with Crippen molar-refractivity contribution in [3.8, 4) is 11.5 Å². The van der Waals surface area contributed by atoms with E-state index < -0.39 is 0 Å². The fourth-order valence-electron chi connectivity index (χ4n) is 2.19. The zero-order valence-electron chi connectivity index (χ0n) is 13.1. The summed E-state index contributed by atoms with van der Waals surface area (Å²) >= 11 is 0. The van der Waals surface area contributed by atoms with Crippen molar-refractivity contribution in [1.82, 2.24) is 5.32 Å². The first-order valence-corrected chi connectivity index (χ1v) is 7.09. The number of aliphatic hydroxyl groups excluding tert-OH is 1. The van der Waals surface area contributed by atoms with Crippen LogP contribution >= 0.6 is 0 Å². The molecule has 0 aliphatic carbocycles. The van der Waals surface area contributed by atoms with E-state index in [0.29, 0.717) is 6.04 Å². The van der Waals surface area contributed by atoms with E-state index in [9.17, 15) is 0 Å². The maximum atomic E-state index is 9.16. The Labute approximate surface area is 122 Å². The Morgan fingerprint density at radius 2 is 1.75 bits per heavy atom. The third kappa shape index (κ3) is 4.69. The van der Waals surface area contributed by atoms with Gasteiger partial charge in [-0.15, -0.1) is 0 Å². The lowest BCUT2D eigenvalue weighted by atomic mass is 10.0. The number of benzene rings is 1. The van der Waals surface area contributed by atoms with Crippen molar-refractivity contribution in [1.29, 1.82) is 0 Å². The van der Waals surface area contributed by atoms with Gasteiger partial charge in [-0.05, 0) is 43.9 Å². The smallest absolute Gasteiger partial charge is 0.160 e. The molecule has 0 heterocycles. The highest BCUT2D eigenvalue weighted by Gasteiger charge is 2.14. The molecular weight excluding hydrogens is 254 g/mol. The van der Waals surface area contributed by atoms with Gasteiger partial charge in [0, 0.05) is 18.7 Å². The molecule has 0 aromatic heterocycles. The summed E-state index contributed by atoms with van der Waals surface area (Å²) in [4.78, 5) is 0. The summed E-state index contributed by atoms with van der Waals surface area (Å²) in [7, 11) is 3.29. The number of hydrogen-bond donors (Lipinski definition) is 2. The van der Waals surface area contributed by atoms with Crippen molar-refractivity contribution in [2.45, 2.75) is 39.3 Å². The molecule has 4 nitrogen and oxygen atoms in total. The van der Waals surface area contributed by atoms with Crippen LogP contribution in [0.4, 0.5) is 0 Å². The minimum Gasteiger partial charge on any atom is -0.493 e. The Kier molecular flexibility index (Phi) is 6.82. The quantitative estimate of drug-likeness (QED) is 0.767. The standard InChI is InChI=1S/C16H27NO3/c1-11(10-18)13(3)17-12(2)8-14-6-7-15(19-4)16(9-14)20-5/h6-7,9,11-13,17-18H,8,10H2,1-5H3. The molecule has 0 aliphatic rings. The topological polar surface area (TPSA) is 50.7 Å². The Hall–Kier alpha value is -1.26. The Bertz CT molecular complexity index is 409. The summed E-state index contributed by atoms with van der Waals surface area (Å²) < 4.78 is 10.6. The molecule has 1 aromatic carbocycles. The Morgan fingerprint density at radius 1 is 1.10 bits per heavy atom. The van der Waals surface area contributed by atoms with Gasteiger partial charge in [0.25, 0.3) is 0 Å². The highest BCUT2D eigenvalue weighted by Crippen LogP contribution is 2.28. The number of methoxy groups -OCH3 is 2. The van der Waals surface area contributed by atoms with E-state index in [1.54, 1.807) is 14.2 Å². The molecule has 4 heteroatoms. The summed E-state index contributed by atoms with van der Waals surface area (Å²) in [6, 6.07) is 6.62. The zero-order chi connectivity index (χ0) is 15.1. The van der Waals surface area contributed by atoms with E-state index >= 15 is 0 Å². The molecule has 20 heavy (non-hydrogen) atoms. The van der Waals surface area contributed by atoms with Crippen molar-refractivity contribution in [3.63, 3.8) is 0 Å². The second-order valence-electron chi connectivity index (χ2n) is 5.41. The van der Waals surface area contributed by atoms with Gasteiger partial charge in [0.1, 0.15) is 0 Å². The minimum atomic E-state index is 0.206.